The van der Waals surface area contributed by atoms with Crippen molar-refractivity contribution in [1.29, 1.82) is 5.26 Å². The molecule has 0 saturated carbocycles. The molecule has 0 atom stereocenters. The van der Waals surface area contributed by atoms with Crippen molar-refractivity contribution in [1.82, 2.24) is 5.32 Å². The summed E-state index contributed by atoms with van der Waals surface area (Å²) in [5.74, 6) is -0.390. The average Bonchev–Trinajstić information content (AvgIpc) is 2.45. The minimum Gasteiger partial charge on any atom is -0.355 e. The highest BCUT2D eigenvalue weighted by Gasteiger charge is 2.15. The Morgan fingerprint density at radius 3 is 2.45 bits per heavy atom. The van der Waals surface area contributed by atoms with Crippen LogP contribution in [-0.4, -0.2) is 24.9 Å². The Kier molecular flexibility index (Phi) is 6.24. The molecule has 0 spiro atoms. The van der Waals surface area contributed by atoms with Gasteiger partial charge < -0.3 is 10.2 Å². The smallest absolute Gasteiger partial charge is 0.240 e. The third-order valence-electron chi connectivity index (χ3n) is 2.84. The van der Waals surface area contributed by atoms with E-state index >= 15 is 0 Å². The van der Waals surface area contributed by atoms with E-state index in [1.807, 2.05) is 13.0 Å². The first kappa shape index (κ1) is 15.7. The minimum atomic E-state index is -0.208. The maximum absolute atomic E-state index is 11.8. The fourth-order valence-corrected chi connectivity index (χ4v) is 1.70. The quantitative estimate of drug-likeness (QED) is 0.804. The number of hydrogen-bond donors (Lipinski definition) is 1. The normalized spacial score (nSPS) is 9.65. The first-order valence-corrected chi connectivity index (χ1v) is 6.63. The molecule has 2 amide bonds. The molecule has 5 nitrogen and oxygen atoms in total. The Balaban J connectivity index is 2.71. The molecule has 20 heavy (non-hydrogen) atoms. The van der Waals surface area contributed by atoms with E-state index in [4.69, 9.17) is 5.26 Å². The number of nitrogens with one attached hydrogen (secondary N) is 1. The van der Waals surface area contributed by atoms with Crippen LogP contribution in [0.4, 0.5) is 5.69 Å². The van der Waals surface area contributed by atoms with Gasteiger partial charge in [0, 0.05) is 19.2 Å². The SMILES string of the molecule is CCCCNC(=O)CN(C(C)=O)c1ccc(C#N)cc1. The number of unbranched alkanes of at least 4 members (excludes halogenated alkanes) is 1. The van der Waals surface area contributed by atoms with Gasteiger partial charge in [-0.25, -0.2) is 0 Å². The number of hydrogen-bond acceptors (Lipinski definition) is 3. The molecular formula is C15H19N3O2. The van der Waals surface area contributed by atoms with Crippen molar-refractivity contribution in [3.05, 3.63) is 29.8 Å². The molecular weight excluding hydrogens is 254 g/mol. The number of amides is 2. The van der Waals surface area contributed by atoms with Gasteiger partial charge in [0.25, 0.3) is 0 Å². The molecule has 0 aliphatic heterocycles. The van der Waals surface area contributed by atoms with Gasteiger partial charge in [0.1, 0.15) is 6.54 Å². The lowest BCUT2D eigenvalue weighted by Crippen LogP contribution is -2.40. The van der Waals surface area contributed by atoms with Crippen LogP contribution in [0.15, 0.2) is 24.3 Å². The van der Waals surface area contributed by atoms with Crippen molar-refractivity contribution in [2.45, 2.75) is 26.7 Å². The number of carbonyl (C=O) groups excluding carboxylic acids is 2. The third kappa shape index (κ3) is 4.73. The molecule has 0 heterocycles. The number of nitriles is 1. The zero-order valence-corrected chi connectivity index (χ0v) is 11.8. The van der Waals surface area contributed by atoms with E-state index in [-0.39, 0.29) is 18.4 Å². The first-order chi connectivity index (χ1) is 9.58. The lowest BCUT2D eigenvalue weighted by molar-refractivity contribution is -0.123. The maximum Gasteiger partial charge on any atom is 0.240 e. The Morgan fingerprint density at radius 1 is 1.30 bits per heavy atom. The molecule has 0 unspecified atom stereocenters. The zero-order valence-electron chi connectivity index (χ0n) is 11.8. The predicted molar refractivity (Wildman–Crippen MR) is 77.1 cm³/mol. The number of nitrogens with zero attached hydrogens (tertiary/aromatic N) is 2. The summed E-state index contributed by atoms with van der Waals surface area (Å²) >= 11 is 0. The van der Waals surface area contributed by atoms with E-state index in [1.165, 1.54) is 11.8 Å². The van der Waals surface area contributed by atoms with Gasteiger partial charge in [-0.15, -0.1) is 0 Å². The molecule has 0 aliphatic rings. The standard InChI is InChI=1S/C15H19N3O2/c1-3-4-9-17-15(20)11-18(12(2)19)14-7-5-13(10-16)6-8-14/h5-8H,3-4,9,11H2,1-2H3,(H,17,20). The van der Waals surface area contributed by atoms with Crippen LogP contribution >= 0.6 is 0 Å². The van der Waals surface area contributed by atoms with Gasteiger partial charge in [-0.1, -0.05) is 13.3 Å². The Morgan fingerprint density at radius 2 is 1.95 bits per heavy atom. The van der Waals surface area contributed by atoms with Gasteiger partial charge in [-0.3, -0.25) is 9.59 Å². The number of carbonyl (C=O) groups is 2. The predicted octanol–water partition coefficient (Wildman–Crippen LogP) is 1.83. The lowest BCUT2D eigenvalue weighted by atomic mass is 10.2. The van der Waals surface area contributed by atoms with E-state index < -0.39 is 0 Å². The Labute approximate surface area is 119 Å². The first-order valence-electron chi connectivity index (χ1n) is 6.63. The van der Waals surface area contributed by atoms with Crippen LogP contribution in [0.2, 0.25) is 0 Å². The molecule has 1 aromatic rings. The lowest BCUT2D eigenvalue weighted by Gasteiger charge is -2.20. The minimum absolute atomic E-state index is 0.00898. The van der Waals surface area contributed by atoms with Crippen molar-refractivity contribution in [2.75, 3.05) is 18.0 Å². The van der Waals surface area contributed by atoms with Gasteiger partial charge in [0.15, 0.2) is 0 Å². The van der Waals surface area contributed by atoms with Crippen LogP contribution in [0.1, 0.15) is 32.3 Å². The fraction of sp³-hybridized carbons (Fsp3) is 0.400. The topological polar surface area (TPSA) is 73.2 Å². The zero-order chi connectivity index (χ0) is 15.0. The van der Waals surface area contributed by atoms with Crippen LogP contribution in [0.3, 0.4) is 0 Å². The summed E-state index contributed by atoms with van der Waals surface area (Å²) in [7, 11) is 0. The Hall–Kier alpha value is -2.35. The molecule has 0 radical (unpaired) electrons. The van der Waals surface area contributed by atoms with Gasteiger partial charge in [-0.05, 0) is 30.7 Å². The summed E-state index contributed by atoms with van der Waals surface area (Å²) < 4.78 is 0. The highest BCUT2D eigenvalue weighted by atomic mass is 16.2. The molecule has 0 fully saturated rings. The van der Waals surface area contributed by atoms with Crippen LogP contribution < -0.4 is 10.2 Å². The van der Waals surface area contributed by atoms with E-state index in [0.717, 1.165) is 12.8 Å². The average molecular weight is 273 g/mol. The van der Waals surface area contributed by atoms with Crippen LogP contribution in [-0.2, 0) is 9.59 Å². The van der Waals surface area contributed by atoms with Gasteiger partial charge in [0.2, 0.25) is 11.8 Å². The highest BCUT2D eigenvalue weighted by molar-refractivity contribution is 5.97. The summed E-state index contributed by atoms with van der Waals surface area (Å²) in [6, 6.07) is 8.60. The van der Waals surface area contributed by atoms with Crippen molar-refractivity contribution in [3.8, 4) is 6.07 Å². The molecule has 106 valence electrons. The highest BCUT2D eigenvalue weighted by Crippen LogP contribution is 2.15. The maximum atomic E-state index is 11.8. The largest absolute Gasteiger partial charge is 0.355 e. The molecule has 0 saturated heterocycles. The monoisotopic (exact) mass is 273 g/mol. The summed E-state index contributed by atoms with van der Waals surface area (Å²) in [6.45, 7) is 4.07. The van der Waals surface area contributed by atoms with Crippen LogP contribution in [0.5, 0.6) is 0 Å². The molecule has 0 bridgehead atoms. The number of benzene rings is 1. The molecule has 0 aliphatic carbocycles. The number of rotatable bonds is 6. The fourth-order valence-electron chi connectivity index (χ4n) is 1.70. The molecule has 5 heteroatoms. The second kappa shape index (κ2) is 7.95. The van der Waals surface area contributed by atoms with Crippen molar-refractivity contribution in [2.24, 2.45) is 0 Å². The van der Waals surface area contributed by atoms with Crippen LogP contribution in [0, 0.1) is 11.3 Å². The van der Waals surface area contributed by atoms with Crippen molar-refractivity contribution >= 4 is 17.5 Å². The molecule has 1 rings (SSSR count). The second-order valence-corrected chi connectivity index (χ2v) is 4.47. The van der Waals surface area contributed by atoms with Crippen molar-refractivity contribution < 1.29 is 9.59 Å². The second-order valence-electron chi connectivity index (χ2n) is 4.47. The van der Waals surface area contributed by atoms with Gasteiger partial charge in [-0.2, -0.15) is 5.26 Å². The van der Waals surface area contributed by atoms with Crippen molar-refractivity contribution in [3.63, 3.8) is 0 Å². The van der Waals surface area contributed by atoms with E-state index in [1.54, 1.807) is 24.3 Å². The number of anilines is 1. The summed E-state index contributed by atoms with van der Waals surface area (Å²) in [5.41, 5.74) is 1.13. The van der Waals surface area contributed by atoms with E-state index in [2.05, 4.69) is 5.32 Å². The van der Waals surface area contributed by atoms with Gasteiger partial charge >= 0.3 is 0 Å². The molecule has 0 aromatic heterocycles. The third-order valence-corrected chi connectivity index (χ3v) is 2.84. The molecule has 1 N–H and O–H groups in total. The summed E-state index contributed by atoms with van der Waals surface area (Å²) in [6.07, 6.45) is 1.93. The molecule has 1 aromatic carbocycles. The summed E-state index contributed by atoms with van der Waals surface area (Å²) in [5, 5.41) is 11.5. The van der Waals surface area contributed by atoms with Crippen LogP contribution in [0.25, 0.3) is 0 Å². The van der Waals surface area contributed by atoms with E-state index in [9.17, 15) is 9.59 Å². The Bertz CT molecular complexity index is 503. The van der Waals surface area contributed by atoms with Gasteiger partial charge in [0.05, 0.1) is 11.6 Å². The van der Waals surface area contributed by atoms with E-state index in [0.29, 0.717) is 17.8 Å². The summed E-state index contributed by atoms with van der Waals surface area (Å²) in [4.78, 5) is 24.8.